The van der Waals surface area contributed by atoms with Crippen LogP contribution in [0.15, 0.2) is 24.3 Å². The van der Waals surface area contributed by atoms with Gasteiger partial charge in [0, 0.05) is 18.7 Å². The maximum absolute atomic E-state index is 14.5. The molecule has 0 radical (unpaired) electrons. The van der Waals surface area contributed by atoms with E-state index in [-0.39, 0.29) is 23.9 Å². The predicted molar refractivity (Wildman–Crippen MR) is 92.3 cm³/mol. The minimum Gasteiger partial charge on any atom is -0.480 e. The van der Waals surface area contributed by atoms with Crippen molar-refractivity contribution < 1.29 is 32.7 Å². The van der Waals surface area contributed by atoms with Gasteiger partial charge in [-0.1, -0.05) is 30.0 Å². The Labute approximate surface area is 155 Å². The van der Waals surface area contributed by atoms with E-state index in [1.165, 1.54) is 0 Å². The van der Waals surface area contributed by atoms with Crippen LogP contribution in [0.3, 0.4) is 0 Å². The molecule has 146 valence electrons. The minimum atomic E-state index is -3.73. The van der Waals surface area contributed by atoms with Crippen LogP contribution in [0.1, 0.15) is 12.6 Å². The van der Waals surface area contributed by atoms with Gasteiger partial charge in [0.25, 0.3) is 18.0 Å². The van der Waals surface area contributed by atoms with Crippen LogP contribution in [0.4, 0.5) is 13.2 Å². The fraction of sp³-hybridized carbons (Fsp3) is 0.375. The third-order valence-electron chi connectivity index (χ3n) is 3.76. The van der Waals surface area contributed by atoms with E-state index < -0.39 is 40.9 Å². The Hall–Kier alpha value is -2.56. The second-order valence-corrected chi connectivity index (χ2v) is 6.88. The number of halogens is 3. The summed E-state index contributed by atoms with van der Waals surface area (Å²) in [6.45, 7) is 1.04. The largest absolute Gasteiger partial charge is 0.480 e. The van der Waals surface area contributed by atoms with Gasteiger partial charge >= 0.3 is 5.97 Å². The molecular weight excluding hydrogens is 387 g/mol. The zero-order valence-corrected chi connectivity index (χ0v) is 14.9. The number of aromatic amines is 1. The zero-order valence-electron chi connectivity index (χ0n) is 14.0. The predicted octanol–water partition coefficient (Wildman–Crippen LogP) is 1.93. The number of benzene rings is 1. The molecule has 0 aliphatic carbocycles. The van der Waals surface area contributed by atoms with Crippen molar-refractivity contribution >= 4 is 39.7 Å². The lowest BCUT2D eigenvalue weighted by Gasteiger charge is -2.24. The summed E-state index contributed by atoms with van der Waals surface area (Å²) >= 11 is 0.218. The van der Waals surface area contributed by atoms with Crippen molar-refractivity contribution in [2.24, 2.45) is 0 Å². The molecule has 2 aromatic rings. The molecule has 3 N–H and O–H groups in total. The van der Waals surface area contributed by atoms with Crippen LogP contribution < -0.4 is 5.32 Å². The number of amides is 1. The van der Waals surface area contributed by atoms with Gasteiger partial charge < -0.3 is 10.4 Å². The second-order valence-electron chi connectivity index (χ2n) is 5.73. The van der Waals surface area contributed by atoms with E-state index in [1.807, 2.05) is 0 Å². The molecule has 0 saturated carbocycles. The molecule has 0 fully saturated rings. The van der Waals surface area contributed by atoms with Crippen molar-refractivity contribution in [3.05, 3.63) is 30.0 Å². The van der Waals surface area contributed by atoms with Gasteiger partial charge in [0.15, 0.2) is 5.12 Å². The third kappa shape index (κ3) is 4.79. The van der Waals surface area contributed by atoms with Crippen molar-refractivity contribution in [2.45, 2.75) is 31.5 Å². The lowest BCUT2D eigenvalue weighted by Crippen LogP contribution is -2.55. The zero-order chi connectivity index (χ0) is 20.2. The smallest absolute Gasteiger partial charge is 0.326 e. The Kier molecular flexibility index (Phi) is 6.47. The number of carboxylic acids is 1. The van der Waals surface area contributed by atoms with Gasteiger partial charge in [0.05, 0.1) is 17.0 Å². The maximum atomic E-state index is 14.5. The molecular formula is C16H16F3N3O4S. The average Bonchev–Trinajstić information content (AvgIpc) is 3.01. The van der Waals surface area contributed by atoms with Crippen LogP contribution in [-0.2, 0) is 20.8 Å². The molecule has 7 nitrogen and oxygen atoms in total. The van der Waals surface area contributed by atoms with Crippen LogP contribution in [0.5, 0.6) is 0 Å². The van der Waals surface area contributed by atoms with Crippen LogP contribution in [-0.4, -0.2) is 56.2 Å². The number of para-hydroxylation sites is 1. The molecule has 0 saturated heterocycles. The van der Waals surface area contributed by atoms with Gasteiger partial charge in [-0.05, 0) is 6.07 Å². The minimum absolute atomic E-state index is 0.218. The number of H-pyrrole nitrogens is 1. The van der Waals surface area contributed by atoms with Crippen molar-refractivity contribution in [3.63, 3.8) is 0 Å². The number of aliphatic carboxylic acids is 1. The van der Waals surface area contributed by atoms with E-state index in [0.29, 0.717) is 10.9 Å². The molecule has 2 unspecified atom stereocenters. The molecule has 0 aliphatic rings. The SMILES string of the molecule is CC(=O)SCC(F)(C(=O)NC(Cc1n[nH]c2ccccc12)C(=O)O)C(F)F. The molecule has 1 heterocycles. The molecule has 2 atom stereocenters. The summed E-state index contributed by atoms with van der Waals surface area (Å²) in [5.74, 6) is -4.45. The van der Waals surface area contributed by atoms with Crippen LogP contribution >= 0.6 is 11.8 Å². The van der Waals surface area contributed by atoms with Gasteiger partial charge in [-0.25, -0.2) is 18.0 Å². The maximum Gasteiger partial charge on any atom is 0.326 e. The van der Waals surface area contributed by atoms with Gasteiger partial charge in [-0.15, -0.1) is 0 Å². The second kappa shape index (κ2) is 8.42. The number of carbonyl (C=O) groups excluding carboxylic acids is 2. The highest BCUT2D eigenvalue weighted by molar-refractivity contribution is 8.13. The lowest BCUT2D eigenvalue weighted by molar-refractivity contribution is -0.148. The van der Waals surface area contributed by atoms with Crippen molar-refractivity contribution in [2.75, 3.05) is 5.75 Å². The molecule has 11 heteroatoms. The summed E-state index contributed by atoms with van der Waals surface area (Å²) in [5, 5.41) is 17.7. The monoisotopic (exact) mass is 403 g/mol. The number of aromatic nitrogens is 2. The first-order valence-corrected chi connectivity index (χ1v) is 8.70. The van der Waals surface area contributed by atoms with E-state index in [2.05, 4.69) is 10.2 Å². The fourth-order valence-corrected chi connectivity index (χ4v) is 2.95. The standard InChI is InChI=1S/C16H16F3N3O4S/c1-8(23)27-7-16(19,14(17)18)15(26)20-12(13(24)25)6-11-9-4-2-3-5-10(9)21-22-11/h2-5,12,14H,6-7H2,1H3,(H,20,26)(H,21,22)(H,24,25). The average molecular weight is 403 g/mol. The van der Waals surface area contributed by atoms with E-state index >= 15 is 0 Å². The Bertz CT molecular complexity index is 860. The molecule has 1 aromatic heterocycles. The number of fused-ring (bicyclic) bond motifs is 1. The number of nitrogens with one attached hydrogen (secondary N) is 2. The quantitative estimate of drug-likeness (QED) is 0.621. The first-order valence-electron chi connectivity index (χ1n) is 7.71. The number of carboxylic acid groups (broad SMARTS) is 1. The number of carbonyl (C=O) groups is 3. The molecule has 1 aromatic carbocycles. The third-order valence-corrected chi connectivity index (χ3v) is 4.73. The number of nitrogens with zero attached hydrogens (tertiary/aromatic N) is 1. The summed E-state index contributed by atoms with van der Waals surface area (Å²) in [6, 6.07) is 5.10. The summed E-state index contributed by atoms with van der Waals surface area (Å²) in [4.78, 5) is 34.4. The summed E-state index contributed by atoms with van der Waals surface area (Å²) in [7, 11) is 0. The molecule has 1 amide bonds. The Morgan fingerprint density at radius 2 is 2.00 bits per heavy atom. The molecule has 0 bridgehead atoms. The lowest BCUT2D eigenvalue weighted by atomic mass is 10.0. The number of rotatable bonds is 8. The van der Waals surface area contributed by atoms with E-state index in [1.54, 1.807) is 29.6 Å². The topological polar surface area (TPSA) is 112 Å². The summed E-state index contributed by atoms with van der Waals surface area (Å²) in [6.07, 6.45) is -4.07. The number of thioether (sulfide) groups is 1. The molecule has 2 rings (SSSR count). The van der Waals surface area contributed by atoms with E-state index in [0.717, 1.165) is 6.92 Å². The van der Waals surface area contributed by atoms with Gasteiger partial charge in [-0.2, -0.15) is 5.10 Å². The fourth-order valence-electron chi connectivity index (χ4n) is 2.28. The van der Waals surface area contributed by atoms with Crippen molar-refractivity contribution in [1.82, 2.24) is 15.5 Å². The van der Waals surface area contributed by atoms with Gasteiger partial charge in [0.2, 0.25) is 0 Å². The number of alkyl halides is 3. The van der Waals surface area contributed by atoms with Gasteiger partial charge in [-0.3, -0.25) is 14.7 Å². The van der Waals surface area contributed by atoms with E-state index in [9.17, 15) is 32.7 Å². The Morgan fingerprint density at radius 1 is 1.33 bits per heavy atom. The van der Waals surface area contributed by atoms with Gasteiger partial charge in [0.1, 0.15) is 6.04 Å². The number of hydrogen-bond donors (Lipinski definition) is 3. The molecule has 27 heavy (non-hydrogen) atoms. The van der Waals surface area contributed by atoms with Crippen LogP contribution in [0.25, 0.3) is 10.9 Å². The van der Waals surface area contributed by atoms with Crippen LogP contribution in [0, 0.1) is 0 Å². The Balaban J connectivity index is 2.20. The first kappa shape index (κ1) is 20.7. The normalized spacial score (nSPS) is 14.7. The summed E-state index contributed by atoms with van der Waals surface area (Å²) < 4.78 is 40.7. The first-order chi connectivity index (χ1) is 12.6. The summed E-state index contributed by atoms with van der Waals surface area (Å²) in [5.41, 5.74) is -2.80. The van der Waals surface area contributed by atoms with Crippen molar-refractivity contribution in [1.29, 1.82) is 0 Å². The van der Waals surface area contributed by atoms with Crippen LogP contribution in [0.2, 0.25) is 0 Å². The van der Waals surface area contributed by atoms with Crippen molar-refractivity contribution in [3.8, 4) is 0 Å². The highest BCUT2D eigenvalue weighted by atomic mass is 32.2. The molecule has 0 aliphatic heterocycles. The molecule has 0 spiro atoms. The highest BCUT2D eigenvalue weighted by Gasteiger charge is 2.49. The van der Waals surface area contributed by atoms with E-state index in [4.69, 9.17) is 0 Å². The Morgan fingerprint density at radius 3 is 2.59 bits per heavy atom. The highest BCUT2D eigenvalue weighted by Crippen LogP contribution is 2.27. The number of hydrogen-bond acceptors (Lipinski definition) is 5.